The fourth-order valence-corrected chi connectivity index (χ4v) is 2.88. The third-order valence-electron chi connectivity index (χ3n) is 4.03. The first-order valence-electron chi connectivity index (χ1n) is 6.99. The van der Waals surface area contributed by atoms with Gasteiger partial charge in [0.15, 0.2) is 0 Å². The number of hydrogen-bond acceptors (Lipinski definition) is 3. The lowest BCUT2D eigenvalue weighted by atomic mass is 10.2. The summed E-state index contributed by atoms with van der Waals surface area (Å²) in [4.78, 5) is 5.07. The molecule has 3 heteroatoms. The SMILES string of the molecule is CN1CCCN(CCNC2CCCC2)CC1. The summed E-state index contributed by atoms with van der Waals surface area (Å²) < 4.78 is 0. The van der Waals surface area contributed by atoms with Crippen molar-refractivity contribution in [3.63, 3.8) is 0 Å². The van der Waals surface area contributed by atoms with Crippen LogP contribution in [0.1, 0.15) is 32.1 Å². The molecule has 0 amide bonds. The van der Waals surface area contributed by atoms with Gasteiger partial charge in [0.1, 0.15) is 0 Å². The lowest BCUT2D eigenvalue weighted by Gasteiger charge is -2.21. The van der Waals surface area contributed by atoms with Crippen molar-refractivity contribution in [3.05, 3.63) is 0 Å². The highest BCUT2D eigenvalue weighted by Gasteiger charge is 2.15. The average molecular weight is 225 g/mol. The molecule has 16 heavy (non-hydrogen) atoms. The largest absolute Gasteiger partial charge is 0.313 e. The van der Waals surface area contributed by atoms with Crippen molar-refractivity contribution >= 4 is 0 Å². The Kier molecular flexibility index (Phi) is 5.07. The normalized spacial score (nSPS) is 26.1. The number of hydrogen-bond donors (Lipinski definition) is 1. The van der Waals surface area contributed by atoms with E-state index in [0.29, 0.717) is 0 Å². The molecule has 1 aliphatic carbocycles. The summed E-state index contributed by atoms with van der Waals surface area (Å²) in [6, 6.07) is 0.828. The number of likely N-dealkylation sites (N-methyl/N-ethyl adjacent to an activating group) is 1. The van der Waals surface area contributed by atoms with Crippen LogP contribution in [0.15, 0.2) is 0 Å². The molecular weight excluding hydrogens is 198 g/mol. The van der Waals surface area contributed by atoms with E-state index in [1.807, 2.05) is 0 Å². The molecule has 2 rings (SSSR count). The van der Waals surface area contributed by atoms with Gasteiger partial charge < -0.3 is 15.1 Å². The molecule has 0 atom stereocenters. The topological polar surface area (TPSA) is 18.5 Å². The van der Waals surface area contributed by atoms with Crippen LogP contribution >= 0.6 is 0 Å². The predicted molar refractivity (Wildman–Crippen MR) is 68.8 cm³/mol. The van der Waals surface area contributed by atoms with Crippen molar-refractivity contribution in [2.45, 2.75) is 38.1 Å². The predicted octanol–water partition coefficient (Wildman–Crippen LogP) is 1.16. The Morgan fingerprint density at radius 1 is 1.00 bits per heavy atom. The minimum Gasteiger partial charge on any atom is -0.313 e. The molecule has 1 saturated carbocycles. The van der Waals surface area contributed by atoms with Gasteiger partial charge in [-0.15, -0.1) is 0 Å². The van der Waals surface area contributed by atoms with Crippen LogP contribution in [0.25, 0.3) is 0 Å². The van der Waals surface area contributed by atoms with Crippen LogP contribution in [0.2, 0.25) is 0 Å². The van der Waals surface area contributed by atoms with Gasteiger partial charge in [-0.05, 0) is 39.4 Å². The van der Waals surface area contributed by atoms with Crippen molar-refractivity contribution in [2.75, 3.05) is 46.3 Å². The van der Waals surface area contributed by atoms with Gasteiger partial charge in [0.2, 0.25) is 0 Å². The van der Waals surface area contributed by atoms with Crippen LogP contribution in [0.4, 0.5) is 0 Å². The summed E-state index contributed by atoms with van der Waals surface area (Å²) >= 11 is 0. The van der Waals surface area contributed by atoms with E-state index in [0.717, 1.165) is 6.04 Å². The molecule has 0 aromatic heterocycles. The minimum absolute atomic E-state index is 0.828. The zero-order valence-electron chi connectivity index (χ0n) is 10.7. The van der Waals surface area contributed by atoms with Gasteiger partial charge in [0.25, 0.3) is 0 Å². The monoisotopic (exact) mass is 225 g/mol. The molecule has 1 N–H and O–H groups in total. The van der Waals surface area contributed by atoms with Gasteiger partial charge in [-0.25, -0.2) is 0 Å². The lowest BCUT2D eigenvalue weighted by molar-refractivity contribution is 0.272. The molecule has 0 bridgehead atoms. The highest BCUT2D eigenvalue weighted by molar-refractivity contribution is 4.75. The van der Waals surface area contributed by atoms with E-state index in [9.17, 15) is 0 Å². The summed E-state index contributed by atoms with van der Waals surface area (Å²) in [5.41, 5.74) is 0. The van der Waals surface area contributed by atoms with E-state index in [-0.39, 0.29) is 0 Å². The maximum Gasteiger partial charge on any atom is 0.0110 e. The van der Waals surface area contributed by atoms with E-state index >= 15 is 0 Å². The molecule has 94 valence electrons. The summed E-state index contributed by atoms with van der Waals surface area (Å²) in [7, 11) is 2.24. The Hall–Kier alpha value is -0.120. The second-order valence-electron chi connectivity index (χ2n) is 5.43. The molecule has 1 heterocycles. The Morgan fingerprint density at radius 2 is 1.81 bits per heavy atom. The first-order chi connectivity index (χ1) is 7.84. The maximum absolute atomic E-state index is 3.71. The second kappa shape index (κ2) is 6.58. The van der Waals surface area contributed by atoms with Gasteiger partial charge in [-0.3, -0.25) is 0 Å². The van der Waals surface area contributed by atoms with Crippen molar-refractivity contribution in [1.29, 1.82) is 0 Å². The number of nitrogens with one attached hydrogen (secondary N) is 1. The Morgan fingerprint density at radius 3 is 2.62 bits per heavy atom. The minimum atomic E-state index is 0.828. The third kappa shape index (κ3) is 4.04. The van der Waals surface area contributed by atoms with E-state index in [1.54, 1.807) is 0 Å². The first-order valence-corrected chi connectivity index (χ1v) is 6.99. The molecule has 0 unspecified atom stereocenters. The lowest BCUT2D eigenvalue weighted by Crippen LogP contribution is -2.37. The van der Waals surface area contributed by atoms with Gasteiger partial charge in [0, 0.05) is 32.2 Å². The summed E-state index contributed by atoms with van der Waals surface area (Å²) in [5.74, 6) is 0. The molecule has 0 aromatic rings. The molecular formula is C13H27N3. The van der Waals surface area contributed by atoms with E-state index in [2.05, 4.69) is 22.2 Å². The summed E-state index contributed by atoms with van der Waals surface area (Å²) in [6.07, 6.45) is 7.02. The number of rotatable bonds is 4. The molecule has 0 radical (unpaired) electrons. The van der Waals surface area contributed by atoms with Gasteiger partial charge in [-0.1, -0.05) is 12.8 Å². The fraction of sp³-hybridized carbons (Fsp3) is 1.00. The van der Waals surface area contributed by atoms with E-state index in [1.165, 1.54) is 71.4 Å². The molecule has 3 nitrogen and oxygen atoms in total. The number of nitrogens with zero attached hydrogens (tertiary/aromatic N) is 2. The zero-order chi connectivity index (χ0) is 11.2. The van der Waals surface area contributed by atoms with Crippen molar-refractivity contribution in [1.82, 2.24) is 15.1 Å². The standard InChI is InChI=1S/C13H27N3/c1-15-8-4-9-16(12-11-15)10-7-14-13-5-2-3-6-13/h13-14H,2-12H2,1H3. The third-order valence-corrected chi connectivity index (χ3v) is 4.03. The quantitative estimate of drug-likeness (QED) is 0.774. The zero-order valence-corrected chi connectivity index (χ0v) is 10.7. The van der Waals surface area contributed by atoms with Gasteiger partial charge in [-0.2, -0.15) is 0 Å². The first kappa shape index (κ1) is 12.3. The van der Waals surface area contributed by atoms with Crippen LogP contribution in [-0.2, 0) is 0 Å². The van der Waals surface area contributed by atoms with Gasteiger partial charge >= 0.3 is 0 Å². The second-order valence-corrected chi connectivity index (χ2v) is 5.43. The van der Waals surface area contributed by atoms with Crippen molar-refractivity contribution in [2.24, 2.45) is 0 Å². The molecule has 0 aromatic carbocycles. The average Bonchev–Trinajstić information content (AvgIpc) is 2.70. The Bertz CT molecular complexity index is 190. The summed E-state index contributed by atoms with van der Waals surface area (Å²) in [6.45, 7) is 7.48. The Labute approximate surface area is 100 Å². The van der Waals surface area contributed by atoms with Crippen LogP contribution in [0, 0.1) is 0 Å². The maximum atomic E-state index is 3.71. The van der Waals surface area contributed by atoms with E-state index < -0.39 is 0 Å². The van der Waals surface area contributed by atoms with Crippen LogP contribution in [0.5, 0.6) is 0 Å². The molecule has 2 aliphatic rings. The van der Waals surface area contributed by atoms with Crippen LogP contribution in [0.3, 0.4) is 0 Å². The van der Waals surface area contributed by atoms with Crippen molar-refractivity contribution in [3.8, 4) is 0 Å². The van der Waals surface area contributed by atoms with Gasteiger partial charge in [0.05, 0.1) is 0 Å². The molecule has 1 aliphatic heterocycles. The van der Waals surface area contributed by atoms with Crippen LogP contribution < -0.4 is 5.32 Å². The highest BCUT2D eigenvalue weighted by Crippen LogP contribution is 2.17. The smallest absolute Gasteiger partial charge is 0.0110 e. The van der Waals surface area contributed by atoms with E-state index in [4.69, 9.17) is 0 Å². The van der Waals surface area contributed by atoms with Crippen molar-refractivity contribution < 1.29 is 0 Å². The van der Waals surface area contributed by atoms with Crippen LogP contribution in [-0.4, -0.2) is 62.2 Å². The molecule has 0 spiro atoms. The Balaban J connectivity index is 1.57. The highest BCUT2D eigenvalue weighted by atomic mass is 15.2. The molecule has 2 fully saturated rings. The fourth-order valence-electron chi connectivity index (χ4n) is 2.88. The summed E-state index contributed by atoms with van der Waals surface area (Å²) in [5, 5.41) is 3.71. The molecule has 1 saturated heterocycles.